The SMILES string of the molecule is CCNC(=NCCCCn1ccccc1=O)NCCc1ccc(Cl)nc1.I. The molecule has 0 aliphatic heterocycles. The molecule has 0 aliphatic carbocycles. The molecule has 0 unspecified atom stereocenters. The van der Waals surface area contributed by atoms with Gasteiger partial charge in [0.05, 0.1) is 0 Å². The van der Waals surface area contributed by atoms with E-state index in [-0.39, 0.29) is 29.5 Å². The summed E-state index contributed by atoms with van der Waals surface area (Å²) in [5.74, 6) is 0.811. The molecule has 0 aliphatic rings. The van der Waals surface area contributed by atoms with Crippen LogP contribution < -0.4 is 16.2 Å². The molecule has 0 atom stereocenters. The van der Waals surface area contributed by atoms with Crippen molar-refractivity contribution < 1.29 is 0 Å². The van der Waals surface area contributed by atoms with Gasteiger partial charge < -0.3 is 15.2 Å². The van der Waals surface area contributed by atoms with Crippen LogP contribution in [0.4, 0.5) is 0 Å². The molecule has 2 heterocycles. The lowest BCUT2D eigenvalue weighted by molar-refractivity contribution is 0.597. The summed E-state index contributed by atoms with van der Waals surface area (Å²) in [7, 11) is 0. The van der Waals surface area contributed by atoms with Crippen molar-refractivity contribution in [1.29, 1.82) is 0 Å². The molecule has 0 bridgehead atoms. The van der Waals surface area contributed by atoms with E-state index in [1.165, 1.54) is 0 Å². The molecule has 148 valence electrons. The second kappa shape index (κ2) is 13.5. The first-order valence-electron chi connectivity index (χ1n) is 8.97. The van der Waals surface area contributed by atoms with Gasteiger partial charge in [-0.2, -0.15) is 0 Å². The summed E-state index contributed by atoms with van der Waals surface area (Å²) in [6, 6.07) is 9.00. The van der Waals surface area contributed by atoms with E-state index in [0.717, 1.165) is 57.0 Å². The third kappa shape index (κ3) is 9.23. The number of unbranched alkanes of at least 4 members (excludes halogenated alkanes) is 1. The average Bonchev–Trinajstić information content (AvgIpc) is 2.64. The van der Waals surface area contributed by atoms with Gasteiger partial charge in [-0.15, -0.1) is 24.0 Å². The van der Waals surface area contributed by atoms with Crippen LogP contribution in [-0.4, -0.2) is 35.1 Å². The predicted octanol–water partition coefficient (Wildman–Crippen LogP) is 3.09. The zero-order chi connectivity index (χ0) is 18.6. The summed E-state index contributed by atoms with van der Waals surface area (Å²) >= 11 is 5.79. The quantitative estimate of drug-likeness (QED) is 0.181. The van der Waals surface area contributed by atoms with Crippen molar-refractivity contribution >= 4 is 41.5 Å². The summed E-state index contributed by atoms with van der Waals surface area (Å²) < 4.78 is 1.73. The molecule has 2 rings (SSSR count). The van der Waals surface area contributed by atoms with E-state index in [0.29, 0.717) is 5.15 Å². The van der Waals surface area contributed by atoms with Crippen LogP contribution in [-0.2, 0) is 13.0 Å². The van der Waals surface area contributed by atoms with Crippen LogP contribution in [0.15, 0.2) is 52.5 Å². The summed E-state index contributed by atoms with van der Waals surface area (Å²) in [5, 5.41) is 7.08. The maximum absolute atomic E-state index is 11.6. The van der Waals surface area contributed by atoms with E-state index in [1.807, 2.05) is 25.3 Å². The Bertz CT molecular complexity index is 748. The molecule has 0 saturated heterocycles. The average molecular weight is 504 g/mol. The summed E-state index contributed by atoms with van der Waals surface area (Å²) in [6.07, 6.45) is 6.32. The number of nitrogens with one attached hydrogen (secondary N) is 2. The molecule has 0 radical (unpaired) electrons. The topological polar surface area (TPSA) is 71.3 Å². The van der Waals surface area contributed by atoms with Crippen molar-refractivity contribution in [3.8, 4) is 0 Å². The molecule has 8 heteroatoms. The van der Waals surface area contributed by atoms with Gasteiger partial charge in [0, 0.05) is 44.6 Å². The van der Waals surface area contributed by atoms with E-state index < -0.39 is 0 Å². The molecule has 0 spiro atoms. The minimum atomic E-state index is 0. The van der Waals surface area contributed by atoms with Gasteiger partial charge in [0.25, 0.3) is 0 Å². The maximum atomic E-state index is 11.6. The number of pyridine rings is 2. The summed E-state index contributed by atoms with van der Waals surface area (Å²) in [4.78, 5) is 20.3. The highest BCUT2D eigenvalue weighted by Gasteiger charge is 1.99. The minimum absolute atomic E-state index is 0. The minimum Gasteiger partial charge on any atom is -0.357 e. The first kappa shape index (κ1) is 23.4. The molecule has 2 aromatic heterocycles. The van der Waals surface area contributed by atoms with Crippen molar-refractivity contribution in [1.82, 2.24) is 20.2 Å². The number of nitrogens with zero attached hydrogens (tertiary/aromatic N) is 3. The molecule has 27 heavy (non-hydrogen) atoms. The molecule has 0 fully saturated rings. The van der Waals surface area contributed by atoms with Crippen LogP contribution in [0.25, 0.3) is 0 Å². The fourth-order valence-corrected chi connectivity index (χ4v) is 2.56. The van der Waals surface area contributed by atoms with Gasteiger partial charge in [-0.25, -0.2) is 4.98 Å². The zero-order valence-corrected chi connectivity index (χ0v) is 18.6. The molecular formula is C19H27ClIN5O. The van der Waals surface area contributed by atoms with Gasteiger partial charge in [-0.1, -0.05) is 23.7 Å². The van der Waals surface area contributed by atoms with Crippen LogP contribution >= 0.6 is 35.6 Å². The van der Waals surface area contributed by atoms with Gasteiger partial charge in [0.15, 0.2) is 5.96 Å². The number of rotatable bonds is 9. The largest absolute Gasteiger partial charge is 0.357 e. The monoisotopic (exact) mass is 503 g/mol. The van der Waals surface area contributed by atoms with Crippen molar-refractivity contribution in [2.45, 2.75) is 32.7 Å². The highest BCUT2D eigenvalue weighted by Crippen LogP contribution is 2.05. The fraction of sp³-hybridized carbons (Fsp3) is 0.421. The summed E-state index contributed by atoms with van der Waals surface area (Å²) in [5.41, 5.74) is 1.17. The number of aromatic nitrogens is 2. The standard InChI is InChI=1S/C19H26ClN5O.HI/c1-2-21-19(23-12-10-16-8-9-17(20)24-15-16)22-11-4-6-14-25-13-5-3-7-18(25)26;/h3,5,7-9,13,15H,2,4,6,10-12,14H2,1H3,(H2,21,22,23);1H. The Hall–Kier alpha value is -1.61. The Balaban J connectivity index is 0.00000364. The smallest absolute Gasteiger partial charge is 0.250 e. The molecular weight excluding hydrogens is 477 g/mol. The first-order valence-corrected chi connectivity index (χ1v) is 9.35. The highest BCUT2D eigenvalue weighted by molar-refractivity contribution is 14.0. The van der Waals surface area contributed by atoms with Gasteiger partial charge >= 0.3 is 0 Å². The second-order valence-electron chi connectivity index (χ2n) is 5.87. The van der Waals surface area contributed by atoms with Gasteiger partial charge in [-0.3, -0.25) is 9.79 Å². The Morgan fingerprint density at radius 3 is 2.78 bits per heavy atom. The number of hydrogen-bond acceptors (Lipinski definition) is 3. The Morgan fingerprint density at radius 1 is 1.22 bits per heavy atom. The molecule has 0 amide bonds. The van der Waals surface area contributed by atoms with E-state index in [2.05, 4.69) is 20.6 Å². The second-order valence-corrected chi connectivity index (χ2v) is 6.25. The van der Waals surface area contributed by atoms with Gasteiger partial charge in [-0.05, 0) is 43.9 Å². The Labute approximate surface area is 182 Å². The fourth-order valence-electron chi connectivity index (χ4n) is 2.45. The normalized spacial score (nSPS) is 11.0. The maximum Gasteiger partial charge on any atom is 0.250 e. The van der Waals surface area contributed by atoms with E-state index in [4.69, 9.17) is 11.6 Å². The lowest BCUT2D eigenvalue weighted by atomic mass is 10.2. The van der Waals surface area contributed by atoms with E-state index >= 15 is 0 Å². The Morgan fingerprint density at radius 2 is 2.07 bits per heavy atom. The molecule has 6 nitrogen and oxygen atoms in total. The molecule has 0 saturated carbocycles. The van der Waals surface area contributed by atoms with E-state index in [1.54, 1.807) is 29.0 Å². The van der Waals surface area contributed by atoms with Crippen LogP contribution in [0, 0.1) is 0 Å². The number of aliphatic imine (C=N–C) groups is 1. The number of guanidine groups is 1. The predicted molar refractivity (Wildman–Crippen MR) is 122 cm³/mol. The van der Waals surface area contributed by atoms with Crippen LogP contribution in [0.2, 0.25) is 5.15 Å². The molecule has 2 aromatic rings. The van der Waals surface area contributed by atoms with Crippen molar-refractivity contribution in [2.75, 3.05) is 19.6 Å². The number of hydrogen-bond donors (Lipinski definition) is 2. The van der Waals surface area contributed by atoms with Crippen molar-refractivity contribution in [2.24, 2.45) is 4.99 Å². The lowest BCUT2D eigenvalue weighted by Crippen LogP contribution is -2.38. The van der Waals surface area contributed by atoms with Crippen LogP contribution in [0.5, 0.6) is 0 Å². The first-order chi connectivity index (χ1) is 12.7. The summed E-state index contributed by atoms with van der Waals surface area (Å²) in [6.45, 7) is 5.08. The van der Waals surface area contributed by atoms with Crippen molar-refractivity contribution in [3.63, 3.8) is 0 Å². The number of halogens is 2. The lowest BCUT2D eigenvalue weighted by Gasteiger charge is -2.11. The molecule has 2 N–H and O–H groups in total. The van der Waals surface area contributed by atoms with Gasteiger partial charge in [0.1, 0.15) is 5.15 Å². The third-order valence-corrected chi connectivity index (χ3v) is 4.04. The Kier molecular flexibility index (Phi) is 11.8. The van der Waals surface area contributed by atoms with E-state index in [9.17, 15) is 4.79 Å². The van der Waals surface area contributed by atoms with Crippen LogP contribution in [0.1, 0.15) is 25.3 Å². The van der Waals surface area contributed by atoms with Crippen molar-refractivity contribution in [3.05, 3.63) is 63.8 Å². The molecule has 0 aromatic carbocycles. The third-order valence-electron chi connectivity index (χ3n) is 3.82. The zero-order valence-electron chi connectivity index (χ0n) is 15.5. The van der Waals surface area contributed by atoms with Crippen LogP contribution in [0.3, 0.4) is 0 Å². The number of aryl methyl sites for hydroxylation is 1. The highest BCUT2D eigenvalue weighted by atomic mass is 127. The van der Waals surface area contributed by atoms with Gasteiger partial charge in [0.2, 0.25) is 5.56 Å².